The molecule has 58 valence electrons. The van der Waals surface area contributed by atoms with Crippen LogP contribution >= 0.6 is 21.6 Å². The highest BCUT2D eigenvalue weighted by molar-refractivity contribution is 8.76. The van der Waals surface area contributed by atoms with Crippen LogP contribution in [-0.2, 0) is 0 Å². The molecule has 0 amide bonds. The Kier molecular flexibility index (Phi) is 1.40. The van der Waals surface area contributed by atoms with Gasteiger partial charge in [0.15, 0.2) is 0 Å². The van der Waals surface area contributed by atoms with Gasteiger partial charge >= 0.3 is 0 Å². The molecule has 0 saturated heterocycles. The zero-order valence-electron chi connectivity index (χ0n) is 6.28. The largest absolute Gasteiger partial charge is 0.0604 e. The second-order valence-corrected chi connectivity index (χ2v) is 4.99. The van der Waals surface area contributed by atoms with E-state index in [1.807, 2.05) is 21.6 Å². The SMILES string of the molecule is c1cc2c3cccc(c3c1)SS2. The van der Waals surface area contributed by atoms with Gasteiger partial charge < -0.3 is 0 Å². The molecule has 1 aliphatic rings. The molecular formula is C10H6S2. The standard InChI is InChI=1S/C10H6S2/c1-3-7-8-4-2-6-10(7)12-11-9(8)5-1/h1-6H. The van der Waals surface area contributed by atoms with E-state index < -0.39 is 0 Å². The Morgan fingerprint density at radius 1 is 0.667 bits per heavy atom. The number of hydrogen-bond donors (Lipinski definition) is 0. The van der Waals surface area contributed by atoms with Gasteiger partial charge in [-0.1, -0.05) is 45.9 Å². The van der Waals surface area contributed by atoms with E-state index in [0.29, 0.717) is 0 Å². The summed E-state index contributed by atoms with van der Waals surface area (Å²) in [6, 6.07) is 13.0. The fraction of sp³-hybridized carbons (Fsp3) is 0. The summed E-state index contributed by atoms with van der Waals surface area (Å²) in [4.78, 5) is 2.79. The van der Waals surface area contributed by atoms with Gasteiger partial charge in [0.25, 0.3) is 0 Å². The van der Waals surface area contributed by atoms with Crippen molar-refractivity contribution in [1.29, 1.82) is 0 Å². The molecule has 0 spiro atoms. The summed E-state index contributed by atoms with van der Waals surface area (Å²) in [5, 5.41) is 2.80. The minimum absolute atomic E-state index is 1.39. The maximum Gasteiger partial charge on any atom is 0.0265 e. The van der Waals surface area contributed by atoms with Crippen LogP contribution in [0, 0.1) is 0 Å². The quantitative estimate of drug-likeness (QED) is 0.577. The first-order valence-electron chi connectivity index (χ1n) is 3.81. The van der Waals surface area contributed by atoms with E-state index in [0.717, 1.165) is 0 Å². The third kappa shape index (κ3) is 0.822. The highest BCUT2D eigenvalue weighted by Crippen LogP contribution is 2.48. The van der Waals surface area contributed by atoms with E-state index in [9.17, 15) is 0 Å². The first-order chi connectivity index (χ1) is 5.95. The molecule has 3 rings (SSSR count). The Balaban J connectivity index is 2.61. The van der Waals surface area contributed by atoms with Crippen molar-refractivity contribution in [1.82, 2.24) is 0 Å². The molecule has 0 saturated carbocycles. The van der Waals surface area contributed by atoms with Crippen molar-refractivity contribution < 1.29 is 0 Å². The van der Waals surface area contributed by atoms with Crippen LogP contribution < -0.4 is 0 Å². The lowest BCUT2D eigenvalue weighted by Gasteiger charge is -2.13. The Morgan fingerprint density at radius 2 is 1.17 bits per heavy atom. The maximum absolute atomic E-state index is 2.20. The molecular weight excluding hydrogens is 184 g/mol. The van der Waals surface area contributed by atoms with Crippen LogP contribution in [0.5, 0.6) is 0 Å². The Morgan fingerprint density at radius 3 is 1.67 bits per heavy atom. The number of hydrogen-bond acceptors (Lipinski definition) is 2. The number of rotatable bonds is 0. The predicted molar refractivity (Wildman–Crippen MR) is 55.7 cm³/mol. The summed E-state index contributed by atoms with van der Waals surface area (Å²) in [5.74, 6) is 0. The van der Waals surface area contributed by atoms with Crippen LogP contribution in [0.3, 0.4) is 0 Å². The molecule has 0 radical (unpaired) electrons. The molecule has 0 nitrogen and oxygen atoms in total. The van der Waals surface area contributed by atoms with Crippen molar-refractivity contribution in [3.05, 3.63) is 36.4 Å². The molecule has 0 aromatic heterocycles. The summed E-state index contributed by atoms with van der Waals surface area (Å²) in [6.45, 7) is 0. The molecule has 1 aliphatic heterocycles. The highest BCUT2D eigenvalue weighted by atomic mass is 33.1. The molecule has 0 atom stereocenters. The van der Waals surface area contributed by atoms with Gasteiger partial charge in [0.05, 0.1) is 0 Å². The van der Waals surface area contributed by atoms with Crippen LogP contribution in [0.2, 0.25) is 0 Å². The molecule has 0 N–H and O–H groups in total. The van der Waals surface area contributed by atoms with E-state index in [1.165, 1.54) is 20.6 Å². The molecule has 4 bridgehead atoms. The van der Waals surface area contributed by atoms with E-state index in [4.69, 9.17) is 0 Å². The highest BCUT2D eigenvalue weighted by Gasteiger charge is 2.11. The first-order valence-corrected chi connectivity index (χ1v) is 5.96. The second kappa shape index (κ2) is 2.44. The third-order valence-electron chi connectivity index (χ3n) is 2.06. The van der Waals surface area contributed by atoms with Crippen molar-refractivity contribution in [3.63, 3.8) is 0 Å². The summed E-state index contributed by atoms with van der Waals surface area (Å²) >= 11 is 0. The Labute approximate surface area is 78.8 Å². The fourth-order valence-electron chi connectivity index (χ4n) is 1.49. The monoisotopic (exact) mass is 190 g/mol. The van der Waals surface area contributed by atoms with Crippen molar-refractivity contribution in [2.45, 2.75) is 9.79 Å². The van der Waals surface area contributed by atoms with Crippen molar-refractivity contribution >= 4 is 32.4 Å². The van der Waals surface area contributed by atoms with E-state index in [2.05, 4.69) is 36.4 Å². The maximum atomic E-state index is 2.20. The zero-order valence-corrected chi connectivity index (χ0v) is 7.91. The summed E-state index contributed by atoms with van der Waals surface area (Å²) in [6.07, 6.45) is 0. The van der Waals surface area contributed by atoms with Gasteiger partial charge in [-0.25, -0.2) is 0 Å². The average Bonchev–Trinajstić information content (AvgIpc) is 2.07. The average molecular weight is 190 g/mol. The van der Waals surface area contributed by atoms with Gasteiger partial charge in [0.1, 0.15) is 0 Å². The second-order valence-electron chi connectivity index (χ2n) is 2.77. The molecule has 0 aliphatic carbocycles. The van der Waals surface area contributed by atoms with Crippen LogP contribution in [0.4, 0.5) is 0 Å². The van der Waals surface area contributed by atoms with Crippen molar-refractivity contribution in [2.24, 2.45) is 0 Å². The predicted octanol–water partition coefficient (Wildman–Crippen LogP) is 3.95. The fourth-order valence-corrected chi connectivity index (χ4v) is 3.88. The molecule has 2 aromatic carbocycles. The van der Waals surface area contributed by atoms with Crippen LogP contribution in [-0.4, -0.2) is 0 Å². The molecule has 1 heterocycles. The molecule has 0 fully saturated rings. The van der Waals surface area contributed by atoms with Crippen LogP contribution in [0.25, 0.3) is 10.8 Å². The van der Waals surface area contributed by atoms with Gasteiger partial charge in [-0.15, -0.1) is 0 Å². The Bertz CT molecular complexity index is 405. The number of benzene rings is 2. The zero-order chi connectivity index (χ0) is 7.97. The molecule has 2 aromatic rings. The minimum atomic E-state index is 1.39. The summed E-state index contributed by atoms with van der Waals surface area (Å²) in [5.41, 5.74) is 0. The molecule has 0 unspecified atom stereocenters. The van der Waals surface area contributed by atoms with E-state index in [1.54, 1.807) is 0 Å². The minimum Gasteiger partial charge on any atom is -0.0604 e. The van der Waals surface area contributed by atoms with Crippen molar-refractivity contribution in [2.75, 3.05) is 0 Å². The lowest BCUT2D eigenvalue weighted by atomic mass is 10.1. The van der Waals surface area contributed by atoms with Gasteiger partial charge in [0.2, 0.25) is 0 Å². The van der Waals surface area contributed by atoms with Crippen molar-refractivity contribution in [3.8, 4) is 0 Å². The van der Waals surface area contributed by atoms with Crippen LogP contribution in [0.1, 0.15) is 0 Å². The lowest BCUT2D eigenvalue weighted by Crippen LogP contribution is -1.83. The van der Waals surface area contributed by atoms with Gasteiger partial charge in [-0.2, -0.15) is 0 Å². The van der Waals surface area contributed by atoms with Gasteiger partial charge in [0, 0.05) is 9.79 Å². The summed E-state index contributed by atoms with van der Waals surface area (Å²) in [7, 11) is 3.72. The van der Waals surface area contributed by atoms with Gasteiger partial charge in [-0.3, -0.25) is 0 Å². The smallest absolute Gasteiger partial charge is 0.0265 e. The summed E-state index contributed by atoms with van der Waals surface area (Å²) < 4.78 is 0. The topological polar surface area (TPSA) is 0 Å². The molecule has 12 heavy (non-hydrogen) atoms. The lowest BCUT2D eigenvalue weighted by molar-refractivity contribution is 1.48. The molecule has 2 heteroatoms. The normalized spacial score (nSPS) is 14.0. The van der Waals surface area contributed by atoms with Crippen LogP contribution in [0.15, 0.2) is 46.2 Å². The van der Waals surface area contributed by atoms with E-state index in [-0.39, 0.29) is 0 Å². The third-order valence-corrected chi connectivity index (χ3v) is 4.55. The Hall–Kier alpha value is -0.600. The van der Waals surface area contributed by atoms with Gasteiger partial charge in [-0.05, 0) is 22.9 Å². The van der Waals surface area contributed by atoms with E-state index >= 15 is 0 Å². The first kappa shape index (κ1) is 6.87.